The average molecular weight is 343 g/mol. The van der Waals surface area contributed by atoms with Crippen molar-refractivity contribution >= 4 is 23.0 Å². The van der Waals surface area contributed by atoms with E-state index in [0.29, 0.717) is 17.4 Å². The Morgan fingerprint density at radius 2 is 1.88 bits per heavy atom. The Morgan fingerprint density at radius 3 is 2.50 bits per heavy atom. The summed E-state index contributed by atoms with van der Waals surface area (Å²) in [6.07, 6.45) is 0. The molecule has 0 radical (unpaired) electrons. The first-order chi connectivity index (χ1) is 11.7. The fourth-order valence-electron chi connectivity index (χ4n) is 2.63. The van der Waals surface area contributed by atoms with Gasteiger partial charge in [-0.15, -0.1) is 11.3 Å². The van der Waals surface area contributed by atoms with Crippen LogP contribution >= 0.6 is 11.3 Å². The topological polar surface area (TPSA) is 68.6 Å². The quantitative estimate of drug-likeness (QED) is 0.686. The average Bonchev–Trinajstić information content (AvgIpc) is 3.09. The van der Waals surface area contributed by atoms with Gasteiger partial charge in [0.05, 0.1) is 6.54 Å². The lowest BCUT2D eigenvalue weighted by Gasteiger charge is -2.36. The fraction of sp³-hybridized carbons (Fsp3) is 0.294. The second kappa shape index (κ2) is 7.32. The number of hydrogen-bond donors (Lipinski definition) is 1. The number of nitrogens with zero attached hydrogens (tertiary/aromatic N) is 4. The van der Waals surface area contributed by atoms with Crippen molar-refractivity contribution in [2.24, 2.45) is 10.7 Å². The summed E-state index contributed by atoms with van der Waals surface area (Å²) in [6.45, 7) is 3.69. The summed E-state index contributed by atoms with van der Waals surface area (Å²) < 4.78 is 13.0. The first kappa shape index (κ1) is 16.3. The van der Waals surface area contributed by atoms with E-state index in [-0.39, 0.29) is 5.82 Å². The highest BCUT2D eigenvalue weighted by Gasteiger charge is 2.18. The maximum Gasteiger partial charge on any atom is 0.191 e. The summed E-state index contributed by atoms with van der Waals surface area (Å²) in [6, 6.07) is 12.4. The number of halogens is 1. The molecule has 0 bridgehead atoms. The number of nitriles is 1. The molecule has 1 aliphatic heterocycles. The molecule has 2 heterocycles. The highest BCUT2D eigenvalue weighted by molar-refractivity contribution is 7.12. The molecule has 1 fully saturated rings. The van der Waals surface area contributed by atoms with Crippen LogP contribution < -0.4 is 10.6 Å². The molecule has 0 spiro atoms. The number of benzene rings is 1. The van der Waals surface area contributed by atoms with Crippen LogP contribution in [0, 0.1) is 17.1 Å². The molecule has 3 rings (SSSR count). The summed E-state index contributed by atoms with van der Waals surface area (Å²) in [5.74, 6) is 0.308. The van der Waals surface area contributed by atoms with Gasteiger partial charge in [0, 0.05) is 36.7 Å². The molecule has 0 atom stereocenters. The summed E-state index contributed by atoms with van der Waals surface area (Å²) in [5.41, 5.74) is 7.11. The summed E-state index contributed by atoms with van der Waals surface area (Å²) in [7, 11) is 0. The van der Waals surface area contributed by atoms with Gasteiger partial charge in [0.2, 0.25) is 0 Å². The molecule has 7 heteroatoms. The normalized spacial score (nSPS) is 15.4. The number of anilines is 1. The Morgan fingerprint density at radius 1 is 1.17 bits per heavy atom. The first-order valence-corrected chi connectivity index (χ1v) is 8.51. The largest absolute Gasteiger partial charge is 0.370 e. The monoisotopic (exact) mass is 343 g/mol. The lowest BCUT2D eigenvalue weighted by Crippen LogP contribution is -2.51. The van der Waals surface area contributed by atoms with E-state index in [2.05, 4.69) is 20.9 Å². The van der Waals surface area contributed by atoms with E-state index >= 15 is 0 Å². The maximum absolute atomic E-state index is 13.0. The number of aliphatic imine (C=N–C) groups is 1. The van der Waals surface area contributed by atoms with Crippen LogP contribution in [0.25, 0.3) is 0 Å². The van der Waals surface area contributed by atoms with Gasteiger partial charge in [-0.1, -0.05) is 0 Å². The number of nitrogens with two attached hydrogens (primary N) is 1. The summed E-state index contributed by atoms with van der Waals surface area (Å²) in [4.78, 5) is 10.4. The highest BCUT2D eigenvalue weighted by Crippen LogP contribution is 2.18. The molecule has 0 unspecified atom stereocenters. The molecule has 0 aliphatic carbocycles. The lowest BCUT2D eigenvalue weighted by atomic mass is 10.2. The predicted octanol–water partition coefficient (Wildman–Crippen LogP) is 2.40. The third-order valence-electron chi connectivity index (χ3n) is 3.96. The van der Waals surface area contributed by atoms with Gasteiger partial charge in [-0.2, -0.15) is 5.26 Å². The fourth-order valence-corrected chi connectivity index (χ4v) is 3.36. The summed E-state index contributed by atoms with van der Waals surface area (Å²) >= 11 is 1.44. The Bertz CT molecular complexity index is 754. The first-order valence-electron chi connectivity index (χ1n) is 7.70. The van der Waals surface area contributed by atoms with Crippen molar-refractivity contribution < 1.29 is 4.39 Å². The zero-order chi connectivity index (χ0) is 16.9. The van der Waals surface area contributed by atoms with Crippen molar-refractivity contribution in [2.45, 2.75) is 6.54 Å². The molecule has 2 aromatic rings. The van der Waals surface area contributed by atoms with E-state index < -0.39 is 0 Å². The molecule has 5 nitrogen and oxygen atoms in total. The van der Waals surface area contributed by atoms with E-state index in [0.717, 1.165) is 36.7 Å². The van der Waals surface area contributed by atoms with Crippen LogP contribution in [0.4, 0.5) is 10.1 Å². The van der Waals surface area contributed by atoms with Crippen molar-refractivity contribution in [1.82, 2.24) is 4.90 Å². The van der Waals surface area contributed by atoms with Gasteiger partial charge in [-0.3, -0.25) is 0 Å². The molecular formula is C17H18FN5S. The van der Waals surface area contributed by atoms with Gasteiger partial charge in [0.25, 0.3) is 0 Å². The molecule has 2 N–H and O–H groups in total. The second-order valence-corrected chi connectivity index (χ2v) is 6.67. The van der Waals surface area contributed by atoms with Crippen molar-refractivity contribution in [3.05, 3.63) is 52.0 Å². The number of piperazine rings is 1. The van der Waals surface area contributed by atoms with Crippen molar-refractivity contribution in [3.63, 3.8) is 0 Å². The molecule has 1 aliphatic rings. The van der Waals surface area contributed by atoms with E-state index in [1.54, 1.807) is 18.2 Å². The van der Waals surface area contributed by atoms with Gasteiger partial charge in [0.15, 0.2) is 5.96 Å². The number of thiophene rings is 1. The van der Waals surface area contributed by atoms with Crippen LogP contribution in [-0.2, 0) is 6.54 Å². The van der Waals surface area contributed by atoms with Crippen LogP contribution in [0.1, 0.15) is 9.75 Å². The molecule has 1 saturated heterocycles. The van der Waals surface area contributed by atoms with Gasteiger partial charge < -0.3 is 15.5 Å². The van der Waals surface area contributed by atoms with Gasteiger partial charge in [-0.05, 0) is 36.4 Å². The molecule has 0 saturated carbocycles. The van der Waals surface area contributed by atoms with Crippen LogP contribution in [-0.4, -0.2) is 37.0 Å². The maximum atomic E-state index is 13.0. The van der Waals surface area contributed by atoms with Crippen molar-refractivity contribution in [2.75, 3.05) is 31.1 Å². The molecule has 24 heavy (non-hydrogen) atoms. The number of guanidine groups is 1. The second-order valence-electron chi connectivity index (χ2n) is 5.50. The summed E-state index contributed by atoms with van der Waals surface area (Å²) in [5, 5.41) is 8.83. The van der Waals surface area contributed by atoms with E-state index in [1.807, 2.05) is 6.07 Å². The van der Waals surface area contributed by atoms with E-state index in [4.69, 9.17) is 11.0 Å². The van der Waals surface area contributed by atoms with Crippen LogP contribution in [0.5, 0.6) is 0 Å². The smallest absolute Gasteiger partial charge is 0.191 e. The predicted molar refractivity (Wildman–Crippen MR) is 94.5 cm³/mol. The third-order valence-corrected chi connectivity index (χ3v) is 4.94. The number of hydrogen-bond acceptors (Lipinski definition) is 4. The van der Waals surface area contributed by atoms with Crippen LogP contribution in [0.3, 0.4) is 0 Å². The van der Waals surface area contributed by atoms with Gasteiger partial charge in [-0.25, -0.2) is 9.38 Å². The molecule has 0 amide bonds. The minimum atomic E-state index is -0.220. The molecular weight excluding hydrogens is 325 g/mol. The third kappa shape index (κ3) is 3.84. The zero-order valence-electron chi connectivity index (χ0n) is 13.2. The minimum absolute atomic E-state index is 0.220. The van der Waals surface area contributed by atoms with E-state index in [9.17, 15) is 4.39 Å². The number of rotatable bonds is 3. The molecule has 124 valence electrons. The minimum Gasteiger partial charge on any atom is -0.370 e. The van der Waals surface area contributed by atoms with Gasteiger partial charge >= 0.3 is 0 Å². The van der Waals surface area contributed by atoms with Crippen molar-refractivity contribution in [1.29, 1.82) is 5.26 Å². The highest BCUT2D eigenvalue weighted by atomic mass is 32.1. The Hall–Kier alpha value is -2.59. The van der Waals surface area contributed by atoms with Crippen LogP contribution in [0.2, 0.25) is 0 Å². The lowest BCUT2D eigenvalue weighted by molar-refractivity contribution is 0.380. The molecule has 1 aromatic heterocycles. The Labute approximate surface area is 144 Å². The standard InChI is InChI=1S/C17H18FN5S/c18-13-1-3-14(4-2-13)22-7-9-23(10-8-22)17(20)21-12-16-6-5-15(11-19)24-16/h1-6H,7-10,12H2,(H2,20,21). The Balaban J connectivity index is 1.54. The van der Waals surface area contributed by atoms with Crippen molar-refractivity contribution in [3.8, 4) is 6.07 Å². The van der Waals surface area contributed by atoms with Crippen LogP contribution in [0.15, 0.2) is 41.4 Å². The van der Waals surface area contributed by atoms with Gasteiger partial charge in [0.1, 0.15) is 16.8 Å². The zero-order valence-corrected chi connectivity index (χ0v) is 14.0. The SMILES string of the molecule is N#Cc1ccc(CN=C(N)N2CCN(c3ccc(F)cc3)CC2)s1. The molecule has 1 aromatic carbocycles. The Kier molecular flexibility index (Phi) is 4.96. The van der Waals surface area contributed by atoms with E-state index in [1.165, 1.54) is 23.5 Å².